The first-order chi connectivity index (χ1) is 14.4. The molecule has 2 aliphatic rings. The summed E-state index contributed by atoms with van der Waals surface area (Å²) >= 11 is 0. The Morgan fingerprint density at radius 2 is 1.67 bits per heavy atom. The normalized spacial score (nSPS) is 18.8. The van der Waals surface area contributed by atoms with Gasteiger partial charge in [0.2, 0.25) is 0 Å². The molecule has 30 heavy (non-hydrogen) atoms. The number of benzene rings is 1. The van der Waals surface area contributed by atoms with Crippen LogP contribution in [-0.2, 0) is 25.5 Å². The third-order valence-electron chi connectivity index (χ3n) is 4.86. The molecule has 2 N–H and O–H groups in total. The number of nitrogens with zero attached hydrogens (tertiary/aromatic N) is 1. The van der Waals surface area contributed by atoms with Gasteiger partial charge in [-0.3, -0.25) is 4.90 Å². The zero-order chi connectivity index (χ0) is 21.9. The average molecular weight is 423 g/mol. The van der Waals surface area contributed by atoms with Gasteiger partial charge in [0.15, 0.2) is 11.5 Å². The van der Waals surface area contributed by atoms with Gasteiger partial charge in [0, 0.05) is 31.8 Å². The summed E-state index contributed by atoms with van der Waals surface area (Å²) in [6.45, 7) is 5.54. The summed E-state index contributed by atoms with van der Waals surface area (Å²) in [5.41, 5.74) is 2.56. The molecule has 2 heterocycles. The molecule has 2 aliphatic heterocycles. The van der Waals surface area contributed by atoms with E-state index < -0.39 is 11.9 Å². The largest absolute Gasteiger partial charge is 0.493 e. The van der Waals surface area contributed by atoms with E-state index in [9.17, 15) is 9.59 Å². The number of hydrogen-bond donors (Lipinski definition) is 2. The average Bonchev–Trinajstić information content (AvgIpc) is 2.76. The van der Waals surface area contributed by atoms with Crippen molar-refractivity contribution in [2.24, 2.45) is 0 Å². The zero-order valence-electron chi connectivity index (χ0n) is 17.3. The summed E-state index contributed by atoms with van der Waals surface area (Å²) in [4.78, 5) is 21.6. The molecule has 3 rings (SSSR count). The number of carboxylic acid groups (broad SMARTS) is 2. The molecule has 1 saturated heterocycles. The third-order valence-corrected chi connectivity index (χ3v) is 4.86. The van der Waals surface area contributed by atoms with Crippen molar-refractivity contribution in [3.8, 4) is 11.5 Å². The molecule has 0 saturated carbocycles. The predicted molar refractivity (Wildman–Crippen MR) is 108 cm³/mol. The number of morpholine rings is 1. The Labute approximate surface area is 175 Å². The summed E-state index contributed by atoms with van der Waals surface area (Å²) in [6, 6.07) is 4.18. The van der Waals surface area contributed by atoms with E-state index in [1.54, 1.807) is 14.2 Å². The van der Waals surface area contributed by atoms with Crippen molar-refractivity contribution in [3.63, 3.8) is 0 Å². The maximum Gasteiger partial charge on any atom is 0.328 e. The van der Waals surface area contributed by atoms with E-state index in [0.29, 0.717) is 12.2 Å². The van der Waals surface area contributed by atoms with Crippen molar-refractivity contribution in [2.75, 3.05) is 53.7 Å². The second-order valence-corrected chi connectivity index (χ2v) is 6.77. The topological polar surface area (TPSA) is 115 Å². The SMILES string of the molecule is COc1cc2c(cc1OC)C(CCN1CCOCC1)OCC2.O=C(O)/C=C/C(=O)O. The van der Waals surface area contributed by atoms with Crippen LogP contribution in [-0.4, -0.2) is 80.7 Å². The van der Waals surface area contributed by atoms with Crippen LogP contribution in [0.15, 0.2) is 24.3 Å². The fourth-order valence-corrected chi connectivity index (χ4v) is 3.36. The molecule has 1 aromatic rings. The summed E-state index contributed by atoms with van der Waals surface area (Å²) in [6.07, 6.45) is 3.20. The highest BCUT2D eigenvalue weighted by molar-refractivity contribution is 5.89. The van der Waals surface area contributed by atoms with Gasteiger partial charge < -0.3 is 29.2 Å². The molecule has 1 unspecified atom stereocenters. The van der Waals surface area contributed by atoms with Crippen LogP contribution in [0.2, 0.25) is 0 Å². The molecular weight excluding hydrogens is 394 g/mol. The Kier molecular flexibility index (Phi) is 9.59. The van der Waals surface area contributed by atoms with Crippen LogP contribution in [0.3, 0.4) is 0 Å². The van der Waals surface area contributed by atoms with E-state index in [1.807, 2.05) is 0 Å². The summed E-state index contributed by atoms with van der Waals surface area (Å²) in [7, 11) is 3.36. The first-order valence-electron chi connectivity index (χ1n) is 9.75. The van der Waals surface area contributed by atoms with Crippen molar-refractivity contribution in [2.45, 2.75) is 18.9 Å². The molecule has 1 fully saturated rings. The minimum atomic E-state index is -1.26. The van der Waals surface area contributed by atoms with Gasteiger partial charge in [-0.25, -0.2) is 9.59 Å². The lowest BCUT2D eigenvalue weighted by atomic mass is 9.94. The first kappa shape index (κ1) is 23.7. The summed E-state index contributed by atoms with van der Waals surface area (Å²) < 4.78 is 22.3. The quantitative estimate of drug-likeness (QED) is 0.633. The van der Waals surface area contributed by atoms with E-state index in [0.717, 1.165) is 63.8 Å². The van der Waals surface area contributed by atoms with Gasteiger partial charge in [-0.1, -0.05) is 0 Å². The molecule has 1 atom stereocenters. The molecule has 0 radical (unpaired) electrons. The van der Waals surface area contributed by atoms with Gasteiger partial charge in [-0.05, 0) is 36.1 Å². The molecule has 1 aromatic carbocycles. The van der Waals surface area contributed by atoms with E-state index >= 15 is 0 Å². The Balaban J connectivity index is 0.000000343. The number of hydrogen-bond acceptors (Lipinski definition) is 7. The highest BCUT2D eigenvalue weighted by atomic mass is 16.5. The van der Waals surface area contributed by atoms with Crippen LogP contribution in [0, 0.1) is 0 Å². The molecule has 9 nitrogen and oxygen atoms in total. The molecular formula is C21H29NO8. The first-order valence-corrected chi connectivity index (χ1v) is 9.75. The molecule has 0 aromatic heterocycles. The van der Waals surface area contributed by atoms with E-state index in [-0.39, 0.29) is 6.10 Å². The maximum absolute atomic E-state index is 9.55. The van der Waals surface area contributed by atoms with Gasteiger partial charge in [0.25, 0.3) is 0 Å². The van der Waals surface area contributed by atoms with Crippen LogP contribution >= 0.6 is 0 Å². The second-order valence-electron chi connectivity index (χ2n) is 6.77. The van der Waals surface area contributed by atoms with Crippen molar-refractivity contribution >= 4 is 11.9 Å². The van der Waals surface area contributed by atoms with Crippen LogP contribution in [0.25, 0.3) is 0 Å². The Hall–Kier alpha value is -2.62. The molecule has 9 heteroatoms. The molecule has 0 aliphatic carbocycles. The monoisotopic (exact) mass is 423 g/mol. The second kappa shape index (κ2) is 12.2. The smallest absolute Gasteiger partial charge is 0.328 e. The fourth-order valence-electron chi connectivity index (χ4n) is 3.36. The number of rotatable bonds is 7. The fraction of sp³-hybridized carbons (Fsp3) is 0.524. The lowest BCUT2D eigenvalue weighted by Gasteiger charge is -2.31. The summed E-state index contributed by atoms with van der Waals surface area (Å²) in [5.74, 6) is -0.932. The standard InChI is InChI=1S/C17H25NO4.C4H4O4/c1-19-16-11-13-4-8-22-15(14(13)12-17(16)20-2)3-5-18-6-9-21-10-7-18;5-3(6)1-2-4(7)8/h11-12,15H,3-10H2,1-2H3;1-2H,(H,5,6)(H,7,8)/b;2-1+. The summed E-state index contributed by atoms with van der Waals surface area (Å²) in [5, 5.41) is 15.6. The number of ether oxygens (including phenoxy) is 4. The van der Waals surface area contributed by atoms with Gasteiger partial charge in [0.05, 0.1) is 40.1 Å². The lowest BCUT2D eigenvalue weighted by Crippen LogP contribution is -2.37. The van der Waals surface area contributed by atoms with Crippen LogP contribution < -0.4 is 9.47 Å². The highest BCUT2D eigenvalue weighted by Gasteiger charge is 2.24. The van der Waals surface area contributed by atoms with Crippen molar-refractivity contribution < 1.29 is 38.7 Å². The number of fused-ring (bicyclic) bond motifs is 1. The predicted octanol–water partition coefficient (Wildman–Crippen LogP) is 1.75. The van der Waals surface area contributed by atoms with Gasteiger partial charge in [-0.15, -0.1) is 0 Å². The minimum absolute atomic E-state index is 0.145. The zero-order valence-corrected chi connectivity index (χ0v) is 17.3. The number of carboxylic acids is 2. The van der Waals surface area contributed by atoms with E-state index in [4.69, 9.17) is 29.2 Å². The molecule has 166 valence electrons. The van der Waals surface area contributed by atoms with Gasteiger partial charge >= 0.3 is 11.9 Å². The van der Waals surface area contributed by atoms with Crippen LogP contribution in [0.1, 0.15) is 23.7 Å². The highest BCUT2D eigenvalue weighted by Crippen LogP contribution is 2.38. The van der Waals surface area contributed by atoms with E-state index in [2.05, 4.69) is 17.0 Å². The van der Waals surface area contributed by atoms with Crippen molar-refractivity contribution in [1.82, 2.24) is 4.90 Å². The van der Waals surface area contributed by atoms with Crippen LogP contribution in [0.4, 0.5) is 0 Å². The van der Waals surface area contributed by atoms with Crippen molar-refractivity contribution in [1.29, 1.82) is 0 Å². The minimum Gasteiger partial charge on any atom is -0.493 e. The number of carbonyl (C=O) groups is 2. The molecule has 0 spiro atoms. The number of aliphatic carboxylic acids is 2. The third kappa shape index (κ3) is 7.33. The van der Waals surface area contributed by atoms with Gasteiger partial charge in [0.1, 0.15) is 0 Å². The van der Waals surface area contributed by atoms with Crippen molar-refractivity contribution in [3.05, 3.63) is 35.4 Å². The Morgan fingerprint density at radius 3 is 2.23 bits per heavy atom. The molecule has 0 amide bonds. The Morgan fingerprint density at radius 1 is 1.07 bits per heavy atom. The number of methoxy groups -OCH3 is 2. The maximum atomic E-state index is 9.55. The van der Waals surface area contributed by atoms with Gasteiger partial charge in [-0.2, -0.15) is 0 Å². The Bertz CT molecular complexity index is 727. The van der Waals surface area contributed by atoms with E-state index in [1.165, 1.54) is 11.1 Å². The lowest BCUT2D eigenvalue weighted by molar-refractivity contribution is -0.134. The van der Waals surface area contributed by atoms with Crippen LogP contribution in [0.5, 0.6) is 11.5 Å². The molecule has 0 bridgehead atoms.